The number of fused-ring (bicyclic) bond motifs is 1. The summed E-state index contributed by atoms with van der Waals surface area (Å²) in [5, 5.41) is 1.85. The maximum absolute atomic E-state index is 6.11. The van der Waals surface area contributed by atoms with Crippen LogP contribution in [0.15, 0.2) is 23.1 Å². The third-order valence-corrected chi connectivity index (χ3v) is 4.20. The Balaban J connectivity index is 2.76. The summed E-state index contributed by atoms with van der Waals surface area (Å²) < 4.78 is 1.15. The SMILES string of the molecule is Sc1ccc2c(Cl)c(CCl)sc2c1. The molecular formula is C9H6Cl2S2. The number of hydrogen-bond donors (Lipinski definition) is 1. The molecule has 0 saturated carbocycles. The minimum absolute atomic E-state index is 0.472. The summed E-state index contributed by atoms with van der Waals surface area (Å²) in [6.07, 6.45) is 0. The van der Waals surface area contributed by atoms with Crippen molar-refractivity contribution >= 4 is 57.3 Å². The Kier molecular flexibility index (Phi) is 2.75. The number of thiophene rings is 1. The summed E-state index contributed by atoms with van der Waals surface area (Å²) >= 11 is 17.7. The fourth-order valence-electron chi connectivity index (χ4n) is 1.19. The molecule has 1 heterocycles. The Bertz CT molecular complexity index is 448. The van der Waals surface area contributed by atoms with Gasteiger partial charge in [0.15, 0.2) is 0 Å². The molecule has 0 amide bonds. The molecule has 2 aromatic rings. The number of thiol groups is 1. The number of hydrogen-bond acceptors (Lipinski definition) is 2. The average Bonchev–Trinajstić information content (AvgIpc) is 2.42. The number of halogens is 2. The van der Waals surface area contributed by atoms with Crippen molar-refractivity contribution in [2.75, 3.05) is 0 Å². The van der Waals surface area contributed by atoms with Crippen LogP contribution in [0.25, 0.3) is 10.1 Å². The van der Waals surface area contributed by atoms with Crippen LogP contribution < -0.4 is 0 Å². The predicted molar refractivity (Wildman–Crippen MR) is 63.6 cm³/mol. The predicted octanol–water partition coefficient (Wildman–Crippen LogP) is 4.58. The Morgan fingerprint density at radius 3 is 2.85 bits per heavy atom. The largest absolute Gasteiger partial charge is 0.143 e. The first-order valence-corrected chi connectivity index (χ1v) is 5.86. The number of alkyl halides is 1. The Labute approximate surface area is 95.9 Å². The molecule has 0 atom stereocenters. The quantitative estimate of drug-likeness (QED) is 0.555. The minimum atomic E-state index is 0.472. The van der Waals surface area contributed by atoms with Crippen LogP contribution in [-0.4, -0.2) is 0 Å². The van der Waals surface area contributed by atoms with Gasteiger partial charge >= 0.3 is 0 Å². The lowest BCUT2D eigenvalue weighted by molar-refractivity contribution is 1.53. The topological polar surface area (TPSA) is 0 Å². The molecule has 4 heteroatoms. The highest BCUT2D eigenvalue weighted by atomic mass is 35.5. The van der Waals surface area contributed by atoms with Crippen LogP contribution in [-0.2, 0) is 5.88 Å². The van der Waals surface area contributed by atoms with E-state index in [1.807, 2.05) is 18.2 Å². The summed E-state index contributed by atoms with van der Waals surface area (Å²) in [6, 6.07) is 5.92. The molecule has 0 aliphatic rings. The van der Waals surface area contributed by atoms with E-state index in [1.165, 1.54) is 0 Å². The van der Waals surface area contributed by atoms with Gasteiger partial charge in [0, 0.05) is 19.9 Å². The van der Waals surface area contributed by atoms with Crippen LogP contribution >= 0.6 is 47.2 Å². The molecule has 0 saturated heterocycles. The maximum Gasteiger partial charge on any atom is 0.0636 e. The zero-order chi connectivity index (χ0) is 9.42. The molecular weight excluding hydrogens is 243 g/mol. The third-order valence-electron chi connectivity index (χ3n) is 1.80. The summed E-state index contributed by atoms with van der Waals surface area (Å²) in [5.74, 6) is 0.472. The Hall–Kier alpha value is 0.110. The molecule has 0 fully saturated rings. The van der Waals surface area contributed by atoms with Crippen molar-refractivity contribution in [3.05, 3.63) is 28.1 Å². The van der Waals surface area contributed by atoms with E-state index in [-0.39, 0.29) is 0 Å². The molecule has 68 valence electrons. The second-order valence-corrected chi connectivity index (χ2v) is 4.95. The van der Waals surface area contributed by atoms with Gasteiger partial charge in [0.05, 0.1) is 10.9 Å². The summed E-state index contributed by atoms with van der Waals surface area (Å²) in [6.45, 7) is 0. The molecule has 0 bridgehead atoms. The van der Waals surface area contributed by atoms with E-state index < -0.39 is 0 Å². The van der Waals surface area contributed by atoms with E-state index in [1.54, 1.807) is 11.3 Å². The first kappa shape index (κ1) is 9.66. The Morgan fingerprint density at radius 2 is 2.15 bits per heavy atom. The maximum atomic E-state index is 6.11. The number of benzene rings is 1. The molecule has 1 aromatic carbocycles. The lowest BCUT2D eigenvalue weighted by Crippen LogP contribution is -1.68. The van der Waals surface area contributed by atoms with Crippen LogP contribution in [0.1, 0.15) is 4.88 Å². The molecule has 0 radical (unpaired) electrons. The van der Waals surface area contributed by atoms with E-state index in [9.17, 15) is 0 Å². The zero-order valence-electron chi connectivity index (χ0n) is 6.55. The smallest absolute Gasteiger partial charge is 0.0636 e. The van der Waals surface area contributed by atoms with Gasteiger partial charge in [-0.15, -0.1) is 35.6 Å². The van der Waals surface area contributed by atoms with Gasteiger partial charge in [-0.2, -0.15) is 0 Å². The van der Waals surface area contributed by atoms with Crippen molar-refractivity contribution in [3.63, 3.8) is 0 Å². The van der Waals surface area contributed by atoms with E-state index in [4.69, 9.17) is 23.2 Å². The van der Waals surface area contributed by atoms with Gasteiger partial charge in [-0.1, -0.05) is 17.7 Å². The molecule has 0 aliphatic carbocycles. The first-order chi connectivity index (χ1) is 6.22. The van der Waals surface area contributed by atoms with Gasteiger partial charge in [0.1, 0.15) is 0 Å². The number of rotatable bonds is 1. The first-order valence-electron chi connectivity index (χ1n) is 3.68. The van der Waals surface area contributed by atoms with Crippen LogP contribution in [0.5, 0.6) is 0 Å². The minimum Gasteiger partial charge on any atom is -0.143 e. The van der Waals surface area contributed by atoms with Crippen LogP contribution in [0.4, 0.5) is 0 Å². The van der Waals surface area contributed by atoms with E-state index in [0.717, 1.165) is 24.9 Å². The summed E-state index contributed by atoms with van der Waals surface area (Å²) in [4.78, 5) is 1.98. The normalized spacial score (nSPS) is 11.0. The highest BCUT2D eigenvalue weighted by molar-refractivity contribution is 7.80. The van der Waals surface area contributed by atoms with Crippen molar-refractivity contribution in [2.24, 2.45) is 0 Å². The van der Waals surface area contributed by atoms with Crippen molar-refractivity contribution in [2.45, 2.75) is 10.8 Å². The van der Waals surface area contributed by atoms with E-state index in [0.29, 0.717) is 5.88 Å². The van der Waals surface area contributed by atoms with E-state index >= 15 is 0 Å². The molecule has 13 heavy (non-hydrogen) atoms. The van der Waals surface area contributed by atoms with Crippen LogP contribution in [0.2, 0.25) is 5.02 Å². The molecule has 0 nitrogen and oxygen atoms in total. The van der Waals surface area contributed by atoms with Gasteiger partial charge in [0.2, 0.25) is 0 Å². The second-order valence-electron chi connectivity index (χ2n) is 2.65. The Morgan fingerprint density at radius 1 is 1.38 bits per heavy atom. The molecule has 0 aliphatic heterocycles. The molecule has 2 rings (SSSR count). The summed E-state index contributed by atoms with van der Waals surface area (Å²) in [7, 11) is 0. The van der Waals surface area contributed by atoms with Crippen molar-refractivity contribution in [1.29, 1.82) is 0 Å². The van der Waals surface area contributed by atoms with E-state index in [2.05, 4.69) is 12.6 Å². The molecule has 0 spiro atoms. The lowest BCUT2D eigenvalue weighted by Gasteiger charge is -1.91. The highest BCUT2D eigenvalue weighted by Crippen LogP contribution is 2.37. The van der Waals surface area contributed by atoms with Crippen molar-refractivity contribution in [1.82, 2.24) is 0 Å². The standard InChI is InChI=1S/C9H6Cl2S2/c10-4-8-9(11)6-2-1-5(12)3-7(6)13-8/h1-3,12H,4H2. The summed E-state index contributed by atoms with van der Waals surface area (Å²) in [5.41, 5.74) is 0. The fourth-order valence-corrected chi connectivity index (χ4v) is 3.24. The highest BCUT2D eigenvalue weighted by Gasteiger charge is 2.08. The van der Waals surface area contributed by atoms with Crippen LogP contribution in [0, 0.1) is 0 Å². The second kappa shape index (κ2) is 3.70. The third kappa shape index (κ3) is 1.68. The van der Waals surface area contributed by atoms with Gasteiger partial charge < -0.3 is 0 Å². The van der Waals surface area contributed by atoms with Gasteiger partial charge in [0.25, 0.3) is 0 Å². The molecule has 1 aromatic heterocycles. The average molecular weight is 249 g/mol. The van der Waals surface area contributed by atoms with Crippen molar-refractivity contribution in [3.8, 4) is 0 Å². The van der Waals surface area contributed by atoms with Gasteiger partial charge in [-0.25, -0.2) is 0 Å². The van der Waals surface area contributed by atoms with Crippen molar-refractivity contribution < 1.29 is 0 Å². The lowest BCUT2D eigenvalue weighted by atomic mass is 10.2. The zero-order valence-corrected chi connectivity index (χ0v) is 9.77. The molecule has 0 unspecified atom stereocenters. The fraction of sp³-hybridized carbons (Fsp3) is 0.111. The van der Waals surface area contributed by atoms with Crippen LogP contribution in [0.3, 0.4) is 0 Å². The monoisotopic (exact) mass is 248 g/mol. The van der Waals surface area contributed by atoms with Gasteiger partial charge in [-0.05, 0) is 12.1 Å². The molecule has 0 N–H and O–H groups in total. The van der Waals surface area contributed by atoms with Gasteiger partial charge in [-0.3, -0.25) is 0 Å².